The summed E-state index contributed by atoms with van der Waals surface area (Å²) in [6.07, 6.45) is 5.73. The number of aromatic amines is 1. The summed E-state index contributed by atoms with van der Waals surface area (Å²) < 4.78 is 11.6. The van der Waals surface area contributed by atoms with Gasteiger partial charge in [-0.05, 0) is 25.0 Å². The average molecular weight is 477 g/mol. The number of aromatic nitrogens is 6. The van der Waals surface area contributed by atoms with Gasteiger partial charge in [-0.1, -0.05) is 0 Å². The van der Waals surface area contributed by atoms with E-state index in [0.717, 1.165) is 0 Å². The molecule has 0 radical (unpaired) electrons. The summed E-state index contributed by atoms with van der Waals surface area (Å²) in [7, 11) is 2.96. The minimum absolute atomic E-state index is 0.0181. The van der Waals surface area contributed by atoms with Gasteiger partial charge in [-0.2, -0.15) is 0 Å². The molecule has 0 unspecified atom stereocenters. The van der Waals surface area contributed by atoms with Gasteiger partial charge in [0.15, 0.2) is 0 Å². The largest absolute Gasteiger partial charge is 0.467 e. The van der Waals surface area contributed by atoms with Crippen LogP contribution >= 0.6 is 0 Å². The number of amides is 1. The lowest BCUT2D eigenvalue weighted by Gasteiger charge is -2.33. The third-order valence-corrected chi connectivity index (χ3v) is 6.17. The maximum atomic E-state index is 13.1. The van der Waals surface area contributed by atoms with Crippen LogP contribution in [0.25, 0.3) is 33.2 Å². The molecule has 1 saturated heterocycles. The van der Waals surface area contributed by atoms with E-state index in [2.05, 4.69) is 19.9 Å². The smallest absolute Gasteiger partial charge is 0.329 e. The number of carbonyl (C=O) groups is 1. The highest BCUT2D eigenvalue weighted by atomic mass is 16.5. The summed E-state index contributed by atoms with van der Waals surface area (Å²) in [6.45, 7) is 0.972. The number of pyridine rings is 2. The number of hydrogen-bond acceptors (Lipinski definition) is 9. The van der Waals surface area contributed by atoms with Crippen LogP contribution in [0, 0.1) is 0 Å². The molecule has 1 N–H and O–H groups in total. The Hall–Kier alpha value is -4.19. The molecule has 1 amide bonds. The van der Waals surface area contributed by atoms with E-state index in [9.17, 15) is 14.4 Å². The highest BCUT2D eigenvalue weighted by Crippen LogP contribution is 2.28. The molecule has 4 aromatic heterocycles. The molecule has 5 heterocycles. The molecule has 0 atom stereocenters. The first kappa shape index (κ1) is 22.6. The SMILES string of the molecule is COCC(=O)N1CCC(n2c(=O)[nH]c(=O)c3cnc4ccc(-c5cnc(OC)nc5)nc4c32)CC1. The number of likely N-dealkylation sites (tertiary alicyclic amines) is 1. The highest BCUT2D eigenvalue weighted by Gasteiger charge is 2.27. The zero-order valence-electron chi connectivity index (χ0n) is 19.2. The first-order valence-corrected chi connectivity index (χ1v) is 11.1. The number of nitrogens with zero attached hydrogens (tertiary/aromatic N) is 6. The van der Waals surface area contributed by atoms with E-state index in [1.807, 2.05) is 0 Å². The van der Waals surface area contributed by atoms with Gasteiger partial charge in [0, 0.05) is 50.4 Å². The molecule has 12 nitrogen and oxygen atoms in total. The maximum Gasteiger partial charge on any atom is 0.329 e. The van der Waals surface area contributed by atoms with E-state index in [1.54, 1.807) is 34.0 Å². The Balaban J connectivity index is 1.63. The molecule has 0 bridgehead atoms. The summed E-state index contributed by atoms with van der Waals surface area (Å²) in [5.41, 5.74) is 1.56. The van der Waals surface area contributed by atoms with Crippen LogP contribution in [0.4, 0.5) is 0 Å². The maximum absolute atomic E-state index is 13.1. The summed E-state index contributed by atoms with van der Waals surface area (Å²) in [4.78, 5) is 59.5. The predicted molar refractivity (Wildman–Crippen MR) is 126 cm³/mol. The molecule has 5 rings (SSSR count). The minimum atomic E-state index is -0.525. The summed E-state index contributed by atoms with van der Waals surface area (Å²) in [6, 6.07) is 3.57. The van der Waals surface area contributed by atoms with Crippen LogP contribution in [0.5, 0.6) is 6.01 Å². The van der Waals surface area contributed by atoms with E-state index in [0.29, 0.717) is 53.7 Å². The van der Waals surface area contributed by atoms with E-state index in [4.69, 9.17) is 14.5 Å². The molecule has 0 saturated carbocycles. The van der Waals surface area contributed by atoms with Crippen molar-refractivity contribution in [2.24, 2.45) is 0 Å². The van der Waals surface area contributed by atoms with Crippen molar-refractivity contribution >= 4 is 27.8 Å². The number of methoxy groups -OCH3 is 2. The Morgan fingerprint density at radius 1 is 1.09 bits per heavy atom. The minimum Gasteiger partial charge on any atom is -0.467 e. The fourth-order valence-electron chi connectivity index (χ4n) is 4.44. The van der Waals surface area contributed by atoms with Gasteiger partial charge in [-0.15, -0.1) is 0 Å². The molecule has 1 fully saturated rings. The molecule has 0 aliphatic carbocycles. The van der Waals surface area contributed by atoms with Crippen LogP contribution in [-0.2, 0) is 9.53 Å². The second-order valence-corrected chi connectivity index (χ2v) is 8.22. The van der Waals surface area contributed by atoms with Gasteiger partial charge < -0.3 is 14.4 Å². The van der Waals surface area contributed by atoms with Crippen LogP contribution in [0.1, 0.15) is 18.9 Å². The molecule has 1 aliphatic heterocycles. The van der Waals surface area contributed by atoms with Crippen molar-refractivity contribution in [2.45, 2.75) is 18.9 Å². The Bertz CT molecular complexity index is 1520. The van der Waals surface area contributed by atoms with Gasteiger partial charge in [0.2, 0.25) is 5.91 Å². The van der Waals surface area contributed by atoms with E-state index >= 15 is 0 Å². The Kier molecular flexibility index (Phi) is 5.95. The van der Waals surface area contributed by atoms with Gasteiger partial charge in [0.1, 0.15) is 12.1 Å². The van der Waals surface area contributed by atoms with E-state index < -0.39 is 11.2 Å². The second-order valence-electron chi connectivity index (χ2n) is 8.22. The third kappa shape index (κ3) is 4.12. The van der Waals surface area contributed by atoms with Crippen molar-refractivity contribution < 1.29 is 14.3 Å². The number of nitrogens with one attached hydrogen (secondary N) is 1. The van der Waals surface area contributed by atoms with Gasteiger partial charge in [-0.3, -0.25) is 24.1 Å². The molecule has 12 heteroatoms. The van der Waals surface area contributed by atoms with E-state index in [1.165, 1.54) is 20.4 Å². The fraction of sp³-hybridized carbons (Fsp3) is 0.348. The number of hydrogen-bond donors (Lipinski definition) is 1. The van der Waals surface area contributed by atoms with Crippen LogP contribution in [0.2, 0.25) is 0 Å². The van der Waals surface area contributed by atoms with E-state index in [-0.39, 0.29) is 30.0 Å². The molecule has 35 heavy (non-hydrogen) atoms. The van der Waals surface area contributed by atoms with Gasteiger partial charge in [0.05, 0.1) is 29.2 Å². The number of fused-ring (bicyclic) bond motifs is 3. The molecular weight excluding hydrogens is 454 g/mol. The Labute approximate surface area is 198 Å². The predicted octanol–water partition coefficient (Wildman–Crippen LogP) is 0.909. The second kappa shape index (κ2) is 9.22. The molecule has 1 aliphatic rings. The average Bonchev–Trinajstić information content (AvgIpc) is 2.89. The standard InChI is InChI=1S/C23H23N7O5/c1-34-12-18(31)29-7-5-14(6-8-29)30-20-15(21(32)28-23(30)33)11-24-17-4-3-16(27-19(17)20)13-9-25-22(35-2)26-10-13/h3-4,9-11,14H,5-8,12H2,1-2H3,(H,28,32,33). The first-order valence-electron chi connectivity index (χ1n) is 11.1. The number of rotatable bonds is 5. The lowest BCUT2D eigenvalue weighted by Crippen LogP contribution is -2.43. The lowest BCUT2D eigenvalue weighted by atomic mass is 10.0. The molecule has 4 aromatic rings. The zero-order chi connectivity index (χ0) is 24.5. The van der Waals surface area contributed by atoms with Crippen LogP contribution < -0.4 is 16.0 Å². The van der Waals surface area contributed by atoms with Crippen molar-refractivity contribution in [1.82, 2.24) is 34.4 Å². The van der Waals surface area contributed by atoms with Crippen molar-refractivity contribution in [3.63, 3.8) is 0 Å². The molecular formula is C23H23N7O5. The van der Waals surface area contributed by atoms with Crippen molar-refractivity contribution in [3.05, 3.63) is 51.6 Å². The quantitative estimate of drug-likeness (QED) is 0.415. The third-order valence-electron chi connectivity index (χ3n) is 6.17. The monoisotopic (exact) mass is 477 g/mol. The zero-order valence-corrected chi connectivity index (χ0v) is 19.2. The van der Waals surface area contributed by atoms with Crippen LogP contribution in [0.3, 0.4) is 0 Å². The number of carbonyl (C=O) groups excluding carboxylic acids is 1. The number of piperidine rings is 1. The van der Waals surface area contributed by atoms with Crippen molar-refractivity contribution in [2.75, 3.05) is 33.9 Å². The molecule has 0 spiro atoms. The van der Waals surface area contributed by atoms with Gasteiger partial charge in [-0.25, -0.2) is 19.7 Å². The van der Waals surface area contributed by atoms with Gasteiger partial charge >= 0.3 is 11.7 Å². The topological polar surface area (TPSA) is 145 Å². The molecule has 180 valence electrons. The van der Waals surface area contributed by atoms with Crippen LogP contribution in [-0.4, -0.2) is 74.2 Å². The summed E-state index contributed by atoms with van der Waals surface area (Å²) in [5, 5.41) is 0.269. The van der Waals surface area contributed by atoms with Crippen molar-refractivity contribution in [3.8, 4) is 17.3 Å². The number of H-pyrrole nitrogens is 1. The fourth-order valence-corrected chi connectivity index (χ4v) is 4.44. The summed E-state index contributed by atoms with van der Waals surface area (Å²) >= 11 is 0. The Morgan fingerprint density at radius 2 is 1.83 bits per heavy atom. The van der Waals surface area contributed by atoms with Crippen LogP contribution in [0.15, 0.2) is 40.3 Å². The normalized spacial score (nSPS) is 14.5. The Morgan fingerprint density at radius 3 is 2.51 bits per heavy atom. The first-order chi connectivity index (χ1) is 17.0. The van der Waals surface area contributed by atoms with Gasteiger partial charge in [0.25, 0.3) is 5.56 Å². The lowest BCUT2D eigenvalue weighted by molar-refractivity contribution is -0.136. The summed E-state index contributed by atoms with van der Waals surface area (Å²) in [5.74, 6) is -0.0905. The number of ether oxygens (including phenoxy) is 2. The van der Waals surface area contributed by atoms with Crippen molar-refractivity contribution in [1.29, 1.82) is 0 Å². The molecule has 0 aromatic carbocycles. The highest BCUT2D eigenvalue weighted by molar-refractivity contribution is 6.01.